The van der Waals surface area contributed by atoms with Crippen molar-refractivity contribution in [1.82, 2.24) is 4.90 Å². The largest absolute Gasteiger partial charge is 0.381 e. The minimum absolute atomic E-state index is 0.474. The van der Waals surface area contributed by atoms with Crippen LogP contribution < -0.4 is 5.73 Å². The van der Waals surface area contributed by atoms with Crippen LogP contribution in [0.1, 0.15) is 32.1 Å². The third kappa shape index (κ3) is 3.72. The van der Waals surface area contributed by atoms with Crippen LogP contribution in [0.3, 0.4) is 0 Å². The maximum Gasteiger partial charge on any atom is 0.0469 e. The van der Waals surface area contributed by atoms with Crippen LogP contribution in [0.2, 0.25) is 0 Å². The molecule has 0 radical (unpaired) electrons. The Morgan fingerprint density at radius 3 is 2.38 bits per heavy atom. The fourth-order valence-corrected chi connectivity index (χ4v) is 3.16. The number of nitrogens with zero attached hydrogens (tertiary/aromatic N) is 1. The van der Waals surface area contributed by atoms with Crippen molar-refractivity contribution < 1.29 is 4.74 Å². The van der Waals surface area contributed by atoms with Gasteiger partial charge in [-0.05, 0) is 51.0 Å². The van der Waals surface area contributed by atoms with Gasteiger partial charge in [0.1, 0.15) is 0 Å². The molecule has 0 amide bonds. The minimum atomic E-state index is 0.474. The van der Waals surface area contributed by atoms with E-state index in [1.165, 1.54) is 45.2 Å². The van der Waals surface area contributed by atoms with Crippen molar-refractivity contribution in [3.8, 4) is 0 Å². The van der Waals surface area contributed by atoms with Gasteiger partial charge in [0, 0.05) is 32.3 Å². The molecule has 2 fully saturated rings. The average Bonchev–Trinajstić information content (AvgIpc) is 2.65. The summed E-state index contributed by atoms with van der Waals surface area (Å²) < 4.78 is 5.39. The van der Waals surface area contributed by atoms with Gasteiger partial charge in [-0.1, -0.05) is 0 Å². The predicted molar refractivity (Wildman–Crippen MR) is 66.4 cm³/mol. The molecule has 2 unspecified atom stereocenters. The molecular weight excluding hydrogens is 200 g/mol. The Hall–Kier alpha value is -0.120. The van der Waals surface area contributed by atoms with Crippen molar-refractivity contribution >= 4 is 0 Å². The van der Waals surface area contributed by atoms with E-state index in [0.29, 0.717) is 6.04 Å². The van der Waals surface area contributed by atoms with Crippen LogP contribution in [0, 0.1) is 11.8 Å². The summed E-state index contributed by atoms with van der Waals surface area (Å²) in [5.74, 6) is 1.70. The maximum atomic E-state index is 5.95. The summed E-state index contributed by atoms with van der Waals surface area (Å²) in [4.78, 5) is 2.51. The molecule has 16 heavy (non-hydrogen) atoms. The van der Waals surface area contributed by atoms with Crippen LogP contribution in [0.25, 0.3) is 0 Å². The Balaban J connectivity index is 1.65. The molecule has 0 aromatic carbocycles. The summed E-state index contributed by atoms with van der Waals surface area (Å²) >= 11 is 0. The molecule has 1 heterocycles. The molecule has 1 aliphatic carbocycles. The van der Waals surface area contributed by atoms with Gasteiger partial charge in [0.2, 0.25) is 0 Å². The zero-order chi connectivity index (χ0) is 11.4. The Morgan fingerprint density at radius 2 is 1.75 bits per heavy atom. The standard InChI is InChI=1S/C13H26N2O/c1-15(9-11-4-6-16-7-5-11)10-12-2-3-13(14)8-12/h11-13H,2-10,14H2,1H3. The number of nitrogens with two attached hydrogens (primary N) is 1. The highest BCUT2D eigenvalue weighted by atomic mass is 16.5. The molecular formula is C13H26N2O. The van der Waals surface area contributed by atoms with E-state index in [9.17, 15) is 0 Å². The predicted octanol–water partition coefficient (Wildman–Crippen LogP) is 1.47. The lowest BCUT2D eigenvalue weighted by atomic mass is 9.99. The van der Waals surface area contributed by atoms with Crippen molar-refractivity contribution in [2.75, 3.05) is 33.4 Å². The van der Waals surface area contributed by atoms with Crippen molar-refractivity contribution in [2.24, 2.45) is 17.6 Å². The van der Waals surface area contributed by atoms with Crippen LogP contribution in [0.5, 0.6) is 0 Å². The second-order valence-corrected chi connectivity index (χ2v) is 5.72. The Kier molecular flexibility index (Phi) is 4.62. The fraction of sp³-hybridized carbons (Fsp3) is 1.00. The highest BCUT2D eigenvalue weighted by molar-refractivity contribution is 4.80. The molecule has 2 aliphatic rings. The molecule has 3 nitrogen and oxygen atoms in total. The molecule has 0 bridgehead atoms. The number of hydrogen-bond donors (Lipinski definition) is 1. The molecule has 1 aliphatic heterocycles. The highest BCUT2D eigenvalue weighted by Crippen LogP contribution is 2.25. The van der Waals surface area contributed by atoms with Gasteiger partial charge in [-0.15, -0.1) is 0 Å². The molecule has 0 spiro atoms. The van der Waals surface area contributed by atoms with Gasteiger partial charge >= 0.3 is 0 Å². The maximum absolute atomic E-state index is 5.95. The van der Waals surface area contributed by atoms with E-state index in [2.05, 4.69) is 11.9 Å². The first-order valence-corrected chi connectivity index (χ1v) is 6.76. The summed E-state index contributed by atoms with van der Waals surface area (Å²) in [6.45, 7) is 4.42. The Labute approximate surface area is 99.3 Å². The Morgan fingerprint density at radius 1 is 1.06 bits per heavy atom. The molecule has 0 aromatic rings. The normalized spacial score (nSPS) is 32.4. The molecule has 1 saturated heterocycles. The molecule has 2 N–H and O–H groups in total. The molecule has 2 rings (SSSR count). The summed E-state index contributed by atoms with van der Waals surface area (Å²) in [5, 5.41) is 0. The first-order chi connectivity index (χ1) is 7.74. The van der Waals surface area contributed by atoms with Gasteiger partial charge in [-0.3, -0.25) is 0 Å². The van der Waals surface area contributed by atoms with E-state index >= 15 is 0 Å². The van der Waals surface area contributed by atoms with Crippen molar-refractivity contribution in [2.45, 2.75) is 38.1 Å². The zero-order valence-corrected chi connectivity index (χ0v) is 10.5. The molecule has 94 valence electrons. The number of rotatable bonds is 4. The summed E-state index contributed by atoms with van der Waals surface area (Å²) in [7, 11) is 2.26. The topological polar surface area (TPSA) is 38.5 Å². The second-order valence-electron chi connectivity index (χ2n) is 5.72. The highest BCUT2D eigenvalue weighted by Gasteiger charge is 2.24. The van der Waals surface area contributed by atoms with E-state index in [0.717, 1.165) is 25.0 Å². The average molecular weight is 226 g/mol. The Bertz CT molecular complexity index is 197. The van der Waals surface area contributed by atoms with Gasteiger partial charge < -0.3 is 15.4 Å². The lowest BCUT2D eigenvalue weighted by Gasteiger charge is -2.28. The molecule has 1 saturated carbocycles. The number of hydrogen-bond acceptors (Lipinski definition) is 3. The SMILES string of the molecule is CN(CC1CCOCC1)CC1CCC(N)C1. The monoisotopic (exact) mass is 226 g/mol. The van der Waals surface area contributed by atoms with E-state index in [1.807, 2.05) is 0 Å². The summed E-state index contributed by atoms with van der Waals surface area (Å²) in [6.07, 6.45) is 6.29. The van der Waals surface area contributed by atoms with Gasteiger partial charge in [0.25, 0.3) is 0 Å². The third-order valence-corrected chi connectivity index (χ3v) is 4.06. The van der Waals surface area contributed by atoms with E-state index < -0.39 is 0 Å². The van der Waals surface area contributed by atoms with Gasteiger partial charge in [-0.2, -0.15) is 0 Å². The van der Waals surface area contributed by atoms with Gasteiger partial charge in [0.15, 0.2) is 0 Å². The smallest absolute Gasteiger partial charge is 0.0469 e. The summed E-state index contributed by atoms with van der Waals surface area (Å²) in [5.41, 5.74) is 5.95. The third-order valence-electron chi connectivity index (χ3n) is 4.06. The second kappa shape index (κ2) is 5.99. The fourth-order valence-electron chi connectivity index (χ4n) is 3.16. The quantitative estimate of drug-likeness (QED) is 0.789. The van der Waals surface area contributed by atoms with Crippen LogP contribution in [0.15, 0.2) is 0 Å². The van der Waals surface area contributed by atoms with Crippen LogP contribution in [-0.4, -0.2) is 44.3 Å². The first kappa shape index (κ1) is 12.3. The van der Waals surface area contributed by atoms with Crippen LogP contribution in [0.4, 0.5) is 0 Å². The summed E-state index contributed by atoms with van der Waals surface area (Å²) in [6, 6.07) is 0.474. The van der Waals surface area contributed by atoms with Crippen molar-refractivity contribution in [1.29, 1.82) is 0 Å². The zero-order valence-electron chi connectivity index (χ0n) is 10.5. The van der Waals surface area contributed by atoms with Crippen molar-refractivity contribution in [3.63, 3.8) is 0 Å². The minimum Gasteiger partial charge on any atom is -0.381 e. The molecule has 3 heteroatoms. The van der Waals surface area contributed by atoms with Gasteiger partial charge in [0.05, 0.1) is 0 Å². The molecule has 2 atom stereocenters. The molecule has 0 aromatic heterocycles. The van der Waals surface area contributed by atoms with Crippen molar-refractivity contribution in [3.05, 3.63) is 0 Å². The van der Waals surface area contributed by atoms with Crippen LogP contribution in [-0.2, 0) is 4.74 Å². The van der Waals surface area contributed by atoms with Gasteiger partial charge in [-0.25, -0.2) is 0 Å². The number of ether oxygens (including phenoxy) is 1. The van der Waals surface area contributed by atoms with Crippen LogP contribution >= 0.6 is 0 Å². The van der Waals surface area contributed by atoms with E-state index in [4.69, 9.17) is 10.5 Å². The lowest BCUT2D eigenvalue weighted by Crippen LogP contribution is -2.33. The lowest BCUT2D eigenvalue weighted by molar-refractivity contribution is 0.0541. The first-order valence-electron chi connectivity index (χ1n) is 6.76. The van der Waals surface area contributed by atoms with E-state index in [-0.39, 0.29) is 0 Å². The van der Waals surface area contributed by atoms with E-state index in [1.54, 1.807) is 0 Å².